The molecule has 7 heteroatoms. The predicted octanol–water partition coefficient (Wildman–Crippen LogP) is 2.77. The van der Waals surface area contributed by atoms with Crippen LogP contribution in [0.3, 0.4) is 0 Å². The van der Waals surface area contributed by atoms with E-state index in [0.717, 1.165) is 44.2 Å². The van der Waals surface area contributed by atoms with E-state index < -0.39 is 6.10 Å². The van der Waals surface area contributed by atoms with Crippen molar-refractivity contribution in [1.29, 1.82) is 0 Å². The lowest BCUT2D eigenvalue weighted by atomic mass is 10.1. The van der Waals surface area contributed by atoms with Gasteiger partial charge in [-0.05, 0) is 41.6 Å². The highest BCUT2D eigenvalue weighted by Gasteiger charge is 2.20. The summed E-state index contributed by atoms with van der Waals surface area (Å²) < 4.78 is 16.5. The van der Waals surface area contributed by atoms with Crippen LogP contribution >= 0.6 is 11.3 Å². The number of piperazine rings is 1. The van der Waals surface area contributed by atoms with Crippen LogP contribution in [0, 0.1) is 6.92 Å². The fraction of sp³-hybridized carbons (Fsp3) is 0.545. The van der Waals surface area contributed by atoms with Crippen LogP contribution in [0.15, 0.2) is 29.6 Å². The van der Waals surface area contributed by atoms with E-state index in [1.807, 2.05) is 17.5 Å². The van der Waals surface area contributed by atoms with Gasteiger partial charge in [0.05, 0.1) is 33.5 Å². The number of aliphatic hydroxyl groups is 1. The van der Waals surface area contributed by atoms with Gasteiger partial charge in [0, 0.05) is 44.1 Å². The van der Waals surface area contributed by atoms with Crippen molar-refractivity contribution in [3.8, 4) is 11.5 Å². The van der Waals surface area contributed by atoms with Gasteiger partial charge in [-0.25, -0.2) is 0 Å². The van der Waals surface area contributed by atoms with Gasteiger partial charge in [0.2, 0.25) is 0 Å². The molecule has 0 amide bonds. The largest absolute Gasteiger partial charge is 0.493 e. The summed E-state index contributed by atoms with van der Waals surface area (Å²) in [5.74, 6) is 1.55. The van der Waals surface area contributed by atoms with E-state index in [1.165, 1.54) is 16.0 Å². The van der Waals surface area contributed by atoms with Gasteiger partial charge in [0.1, 0.15) is 0 Å². The van der Waals surface area contributed by atoms with Crippen LogP contribution in [0.1, 0.15) is 16.0 Å². The van der Waals surface area contributed by atoms with Crippen molar-refractivity contribution in [2.45, 2.75) is 26.2 Å². The van der Waals surface area contributed by atoms with Crippen molar-refractivity contribution >= 4 is 11.3 Å². The Bertz CT molecular complexity index is 746. The van der Waals surface area contributed by atoms with Crippen LogP contribution in [0.4, 0.5) is 0 Å². The summed E-state index contributed by atoms with van der Waals surface area (Å²) in [5.41, 5.74) is 2.47. The molecule has 0 radical (unpaired) electrons. The molecule has 0 bridgehead atoms. The number of ether oxygens (including phenoxy) is 3. The van der Waals surface area contributed by atoms with E-state index in [0.29, 0.717) is 19.8 Å². The third-order valence-electron chi connectivity index (χ3n) is 5.30. The Morgan fingerprint density at radius 2 is 1.76 bits per heavy atom. The lowest BCUT2D eigenvalue weighted by molar-refractivity contribution is 0.00151. The zero-order chi connectivity index (χ0) is 20.6. The van der Waals surface area contributed by atoms with Gasteiger partial charge >= 0.3 is 0 Å². The number of hydrogen-bond acceptors (Lipinski definition) is 7. The Hall–Kier alpha value is -1.64. The highest BCUT2D eigenvalue weighted by atomic mass is 32.1. The second-order valence-electron chi connectivity index (χ2n) is 7.46. The third kappa shape index (κ3) is 6.42. The molecule has 1 aromatic carbocycles. The van der Waals surface area contributed by atoms with Gasteiger partial charge in [-0.1, -0.05) is 6.07 Å². The first-order valence-corrected chi connectivity index (χ1v) is 10.9. The van der Waals surface area contributed by atoms with E-state index in [2.05, 4.69) is 28.9 Å². The Morgan fingerprint density at radius 1 is 1.07 bits per heavy atom. The molecule has 1 aromatic heterocycles. The number of methoxy groups -OCH3 is 2. The van der Waals surface area contributed by atoms with Crippen LogP contribution in [-0.2, 0) is 17.9 Å². The molecule has 1 fully saturated rings. The van der Waals surface area contributed by atoms with Gasteiger partial charge in [-0.2, -0.15) is 0 Å². The molecule has 0 unspecified atom stereocenters. The molecule has 160 valence electrons. The fourth-order valence-corrected chi connectivity index (χ4v) is 4.25. The lowest BCUT2D eigenvalue weighted by Crippen LogP contribution is -2.48. The lowest BCUT2D eigenvalue weighted by Gasteiger charge is -2.35. The minimum absolute atomic E-state index is 0.378. The van der Waals surface area contributed by atoms with Crippen LogP contribution in [0.25, 0.3) is 0 Å². The Balaban J connectivity index is 1.41. The average molecular weight is 421 g/mol. The summed E-state index contributed by atoms with van der Waals surface area (Å²) in [7, 11) is 3.34. The number of aryl methyl sites for hydroxylation is 1. The van der Waals surface area contributed by atoms with Crippen LogP contribution < -0.4 is 9.47 Å². The molecule has 1 saturated heterocycles. The summed E-state index contributed by atoms with van der Waals surface area (Å²) in [6.07, 6.45) is -0.449. The summed E-state index contributed by atoms with van der Waals surface area (Å²) >= 11 is 1.68. The smallest absolute Gasteiger partial charge is 0.161 e. The number of hydrogen-bond donors (Lipinski definition) is 1. The molecule has 1 N–H and O–H groups in total. The quantitative estimate of drug-likeness (QED) is 0.638. The molecular formula is C22H32N2O4S. The van der Waals surface area contributed by atoms with Crippen molar-refractivity contribution in [2.75, 3.05) is 53.6 Å². The Labute approximate surface area is 177 Å². The number of β-amino-alcohol motifs (C(OH)–C–C–N with tert-alkyl or cyclic N) is 1. The third-order valence-corrected chi connectivity index (χ3v) is 6.15. The maximum atomic E-state index is 10.3. The topological polar surface area (TPSA) is 54.4 Å². The van der Waals surface area contributed by atoms with Gasteiger partial charge in [0.25, 0.3) is 0 Å². The Kier molecular flexibility index (Phi) is 8.32. The Morgan fingerprint density at radius 3 is 2.41 bits per heavy atom. The SMILES string of the molecule is COc1cc(C)c(CN2CCN(C[C@@H](O)COCc3cccs3)CC2)cc1OC. The molecule has 6 nitrogen and oxygen atoms in total. The normalized spacial score (nSPS) is 16.7. The second kappa shape index (κ2) is 10.9. The van der Waals surface area contributed by atoms with Gasteiger partial charge < -0.3 is 19.3 Å². The van der Waals surface area contributed by atoms with E-state index in [-0.39, 0.29) is 0 Å². The molecule has 2 heterocycles. The molecule has 0 spiro atoms. The summed E-state index contributed by atoms with van der Waals surface area (Å²) in [6, 6.07) is 8.19. The number of rotatable bonds is 10. The number of aliphatic hydroxyl groups excluding tert-OH is 1. The first kappa shape index (κ1) is 22.1. The average Bonchev–Trinajstić information content (AvgIpc) is 3.24. The first-order chi connectivity index (χ1) is 14.1. The summed E-state index contributed by atoms with van der Waals surface area (Å²) in [6.45, 7) is 8.49. The molecular weight excluding hydrogens is 388 g/mol. The molecule has 1 atom stereocenters. The maximum absolute atomic E-state index is 10.3. The molecule has 29 heavy (non-hydrogen) atoms. The van der Waals surface area contributed by atoms with E-state index in [1.54, 1.807) is 25.6 Å². The summed E-state index contributed by atoms with van der Waals surface area (Å²) in [5, 5.41) is 12.3. The number of nitrogens with zero attached hydrogens (tertiary/aromatic N) is 2. The van der Waals surface area contributed by atoms with Crippen molar-refractivity contribution < 1.29 is 19.3 Å². The van der Waals surface area contributed by atoms with E-state index >= 15 is 0 Å². The fourth-order valence-electron chi connectivity index (χ4n) is 3.60. The van der Waals surface area contributed by atoms with Crippen molar-refractivity contribution in [3.05, 3.63) is 45.6 Å². The monoisotopic (exact) mass is 420 g/mol. The van der Waals surface area contributed by atoms with Gasteiger partial charge in [-0.15, -0.1) is 11.3 Å². The van der Waals surface area contributed by atoms with Gasteiger partial charge in [0.15, 0.2) is 11.5 Å². The van der Waals surface area contributed by atoms with Crippen LogP contribution in [0.2, 0.25) is 0 Å². The summed E-state index contributed by atoms with van der Waals surface area (Å²) in [4.78, 5) is 5.96. The van der Waals surface area contributed by atoms with Crippen LogP contribution in [-0.4, -0.2) is 74.6 Å². The number of benzene rings is 1. The minimum Gasteiger partial charge on any atom is -0.493 e. The minimum atomic E-state index is -0.449. The highest BCUT2D eigenvalue weighted by Crippen LogP contribution is 2.31. The van der Waals surface area contributed by atoms with Gasteiger partial charge in [-0.3, -0.25) is 9.80 Å². The zero-order valence-corrected chi connectivity index (χ0v) is 18.4. The molecule has 0 aliphatic carbocycles. The highest BCUT2D eigenvalue weighted by molar-refractivity contribution is 7.09. The molecule has 2 aromatic rings. The van der Waals surface area contributed by atoms with E-state index in [4.69, 9.17) is 14.2 Å². The van der Waals surface area contributed by atoms with Crippen molar-refractivity contribution in [3.63, 3.8) is 0 Å². The van der Waals surface area contributed by atoms with E-state index in [9.17, 15) is 5.11 Å². The molecule has 0 saturated carbocycles. The second-order valence-corrected chi connectivity index (χ2v) is 8.49. The number of thiophene rings is 1. The molecule has 3 rings (SSSR count). The zero-order valence-electron chi connectivity index (χ0n) is 17.6. The molecule has 1 aliphatic heterocycles. The van der Waals surface area contributed by atoms with Crippen LogP contribution in [0.5, 0.6) is 11.5 Å². The predicted molar refractivity (Wildman–Crippen MR) is 116 cm³/mol. The van der Waals surface area contributed by atoms with Crippen molar-refractivity contribution in [1.82, 2.24) is 9.80 Å². The standard InChI is InChI=1S/C22H32N2O4S/c1-17-11-21(26-2)22(27-3)12-18(17)13-23-6-8-24(9-7-23)14-19(25)15-28-16-20-5-4-10-29-20/h4-5,10-12,19,25H,6-9,13-16H2,1-3H3/t19-/m1/s1. The van der Waals surface area contributed by atoms with Crippen molar-refractivity contribution in [2.24, 2.45) is 0 Å². The molecule has 1 aliphatic rings. The maximum Gasteiger partial charge on any atom is 0.161 e. The first-order valence-electron chi connectivity index (χ1n) is 10.0.